The lowest BCUT2D eigenvalue weighted by atomic mass is 9.67. The lowest BCUT2D eigenvalue weighted by molar-refractivity contribution is 0.156. The molecule has 1 nitrogen and oxygen atoms in total. The molecule has 0 radical (unpaired) electrons. The summed E-state index contributed by atoms with van der Waals surface area (Å²) in [5.74, 6) is 2.88. The molecule has 1 atom stereocenters. The molecule has 0 bridgehead atoms. The third-order valence-electron chi connectivity index (χ3n) is 8.17. The molecule has 4 rings (SSSR count). The summed E-state index contributed by atoms with van der Waals surface area (Å²) in [7, 11) is 0. The number of ether oxygens (including phenoxy) is 1. The zero-order valence-corrected chi connectivity index (χ0v) is 18.3. The van der Waals surface area contributed by atoms with Gasteiger partial charge in [0.1, 0.15) is 6.67 Å². The standard InChI is InChI=1S/C26H38F2O/c1-3-4-18-6-9-19(10-7-18)20-11-13-21(14-12-20)23-15-22-8-5-17(2)29-26(22)25(28)24(23)16-27/h15,17-21H,3-14,16H2,1-2H3. The van der Waals surface area contributed by atoms with Crippen molar-refractivity contribution in [2.75, 3.05) is 0 Å². The molecule has 1 aromatic rings. The Labute approximate surface area is 175 Å². The summed E-state index contributed by atoms with van der Waals surface area (Å²) >= 11 is 0. The number of hydrogen-bond donors (Lipinski definition) is 0. The summed E-state index contributed by atoms with van der Waals surface area (Å²) in [6.45, 7) is 3.53. The van der Waals surface area contributed by atoms with Gasteiger partial charge in [-0.3, -0.25) is 0 Å². The first-order valence-corrected chi connectivity index (χ1v) is 12.2. The third kappa shape index (κ3) is 4.49. The van der Waals surface area contributed by atoms with Gasteiger partial charge in [0, 0.05) is 5.56 Å². The number of halogens is 2. The first-order chi connectivity index (χ1) is 14.1. The van der Waals surface area contributed by atoms with Crippen molar-refractivity contribution < 1.29 is 13.5 Å². The molecule has 2 saturated carbocycles. The molecule has 29 heavy (non-hydrogen) atoms. The number of alkyl halides is 1. The van der Waals surface area contributed by atoms with Crippen LogP contribution in [0.5, 0.6) is 5.75 Å². The normalized spacial score (nSPS) is 32.5. The average molecular weight is 405 g/mol. The van der Waals surface area contributed by atoms with E-state index in [1.54, 1.807) is 0 Å². The highest BCUT2D eigenvalue weighted by atomic mass is 19.1. The monoisotopic (exact) mass is 404 g/mol. The van der Waals surface area contributed by atoms with Gasteiger partial charge in [0.15, 0.2) is 11.6 Å². The van der Waals surface area contributed by atoms with Crippen molar-refractivity contribution in [2.24, 2.45) is 17.8 Å². The van der Waals surface area contributed by atoms with Gasteiger partial charge >= 0.3 is 0 Å². The molecule has 1 aromatic carbocycles. The van der Waals surface area contributed by atoms with Gasteiger partial charge in [-0.15, -0.1) is 0 Å². The maximum absolute atomic E-state index is 15.0. The second-order valence-electron chi connectivity index (χ2n) is 10.0. The molecule has 3 aliphatic rings. The van der Waals surface area contributed by atoms with E-state index in [1.807, 2.05) is 6.92 Å². The SMILES string of the molecule is CCCC1CCC(C2CCC(c3cc4c(c(F)c3CF)OC(C)CC4)CC2)CC1. The van der Waals surface area contributed by atoms with Gasteiger partial charge in [-0.25, -0.2) is 8.78 Å². The van der Waals surface area contributed by atoms with Crippen molar-refractivity contribution in [2.45, 2.75) is 110 Å². The lowest BCUT2D eigenvalue weighted by Gasteiger charge is -2.38. The predicted octanol–water partition coefficient (Wildman–Crippen LogP) is 7.89. The fraction of sp³-hybridized carbons (Fsp3) is 0.769. The van der Waals surface area contributed by atoms with Crippen LogP contribution in [0.1, 0.15) is 107 Å². The zero-order chi connectivity index (χ0) is 20.4. The Kier molecular flexibility index (Phi) is 6.81. The van der Waals surface area contributed by atoms with Crippen LogP contribution in [0.15, 0.2) is 6.07 Å². The Bertz CT molecular complexity index is 684. The zero-order valence-electron chi connectivity index (χ0n) is 18.3. The van der Waals surface area contributed by atoms with E-state index in [0.29, 0.717) is 11.7 Å². The topological polar surface area (TPSA) is 9.23 Å². The highest BCUT2D eigenvalue weighted by Gasteiger charge is 2.33. The van der Waals surface area contributed by atoms with E-state index in [2.05, 4.69) is 13.0 Å². The number of aryl methyl sites for hydroxylation is 1. The van der Waals surface area contributed by atoms with E-state index in [1.165, 1.54) is 51.4 Å². The van der Waals surface area contributed by atoms with Crippen LogP contribution in [-0.4, -0.2) is 6.10 Å². The largest absolute Gasteiger partial charge is 0.487 e. The van der Waals surface area contributed by atoms with Crippen LogP contribution in [0, 0.1) is 23.6 Å². The molecule has 2 aliphatic carbocycles. The van der Waals surface area contributed by atoms with E-state index < -0.39 is 12.5 Å². The molecule has 1 aliphatic heterocycles. The van der Waals surface area contributed by atoms with Gasteiger partial charge in [-0.2, -0.15) is 0 Å². The van der Waals surface area contributed by atoms with E-state index in [-0.39, 0.29) is 11.7 Å². The molecule has 0 saturated heterocycles. The Morgan fingerprint density at radius 3 is 2.24 bits per heavy atom. The molecular formula is C26H38F2O. The molecule has 2 fully saturated rings. The molecule has 1 unspecified atom stereocenters. The van der Waals surface area contributed by atoms with Crippen molar-refractivity contribution in [1.82, 2.24) is 0 Å². The van der Waals surface area contributed by atoms with E-state index in [9.17, 15) is 4.39 Å². The second-order valence-corrected chi connectivity index (χ2v) is 10.0. The van der Waals surface area contributed by atoms with E-state index in [4.69, 9.17) is 4.74 Å². The van der Waals surface area contributed by atoms with E-state index in [0.717, 1.165) is 54.6 Å². The summed E-state index contributed by atoms with van der Waals surface area (Å²) < 4.78 is 34.6. The van der Waals surface area contributed by atoms with Gasteiger partial charge in [0.2, 0.25) is 0 Å². The summed E-state index contributed by atoms with van der Waals surface area (Å²) in [6.07, 6.45) is 14.7. The van der Waals surface area contributed by atoms with Crippen LogP contribution >= 0.6 is 0 Å². The molecular weight excluding hydrogens is 366 g/mol. The molecule has 0 N–H and O–H groups in total. The van der Waals surface area contributed by atoms with Gasteiger partial charge < -0.3 is 4.74 Å². The molecule has 0 spiro atoms. The van der Waals surface area contributed by atoms with Gasteiger partial charge in [-0.1, -0.05) is 38.7 Å². The fourth-order valence-corrected chi connectivity index (χ4v) is 6.44. The van der Waals surface area contributed by atoms with Crippen LogP contribution in [0.3, 0.4) is 0 Å². The molecule has 162 valence electrons. The van der Waals surface area contributed by atoms with Crippen molar-refractivity contribution in [3.05, 3.63) is 28.6 Å². The maximum atomic E-state index is 15.0. The maximum Gasteiger partial charge on any atom is 0.171 e. The smallest absolute Gasteiger partial charge is 0.171 e. The molecule has 1 heterocycles. The Morgan fingerprint density at radius 1 is 0.966 bits per heavy atom. The lowest BCUT2D eigenvalue weighted by Crippen LogP contribution is -2.26. The molecule has 0 aromatic heterocycles. The minimum Gasteiger partial charge on any atom is -0.487 e. The Balaban J connectivity index is 1.42. The number of fused-ring (bicyclic) bond motifs is 1. The van der Waals surface area contributed by atoms with E-state index >= 15 is 4.39 Å². The molecule has 3 heteroatoms. The van der Waals surface area contributed by atoms with Crippen molar-refractivity contribution in [3.63, 3.8) is 0 Å². The quantitative estimate of drug-likeness (QED) is 0.485. The first kappa shape index (κ1) is 21.1. The summed E-state index contributed by atoms with van der Waals surface area (Å²) in [4.78, 5) is 0. The fourth-order valence-electron chi connectivity index (χ4n) is 6.44. The highest BCUT2D eigenvalue weighted by Crippen LogP contribution is 2.46. The van der Waals surface area contributed by atoms with Crippen LogP contribution in [-0.2, 0) is 13.1 Å². The average Bonchev–Trinajstić information content (AvgIpc) is 2.75. The molecule has 0 amide bonds. The first-order valence-electron chi connectivity index (χ1n) is 12.2. The van der Waals surface area contributed by atoms with Crippen molar-refractivity contribution in [3.8, 4) is 5.75 Å². The van der Waals surface area contributed by atoms with Crippen LogP contribution in [0.2, 0.25) is 0 Å². The number of rotatable bonds is 5. The predicted molar refractivity (Wildman–Crippen MR) is 115 cm³/mol. The van der Waals surface area contributed by atoms with Gasteiger partial charge in [0.25, 0.3) is 0 Å². The number of benzene rings is 1. The minimum absolute atomic E-state index is 0.0122. The Hall–Kier alpha value is -1.12. The van der Waals surface area contributed by atoms with Crippen LogP contribution in [0.25, 0.3) is 0 Å². The van der Waals surface area contributed by atoms with Crippen LogP contribution < -0.4 is 4.74 Å². The second kappa shape index (κ2) is 9.35. The summed E-state index contributed by atoms with van der Waals surface area (Å²) in [6, 6.07) is 2.08. The Morgan fingerprint density at radius 2 is 1.62 bits per heavy atom. The summed E-state index contributed by atoms with van der Waals surface area (Å²) in [5, 5.41) is 0. The van der Waals surface area contributed by atoms with Gasteiger partial charge in [0.05, 0.1) is 6.10 Å². The summed E-state index contributed by atoms with van der Waals surface area (Å²) in [5.41, 5.74) is 2.15. The minimum atomic E-state index is -0.729. The highest BCUT2D eigenvalue weighted by molar-refractivity contribution is 5.47. The van der Waals surface area contributed by atoms with Crippen molar-refractivity contribution in [1.29, 1.82) is 0 Å². The third-order valence-corrected chi connectivity index (χ3v) is 8.17. The van der Waals surface area contributed by atoms with Crippen LogP contribution in [0.4, 0.5) is 8.78 Å². The van der Waals surface area contributed by atoms with Gasteiger partial charge in [-0.05, 0) is 93.1 Å². The number of hydrogen-bond acceptors (Lipinski definition) is 1. The van der Waals surface area contributed by atoms with Crippen molar-refractivity contribution >= 4 is 0 Å².